The van der Waals surface area contributed by atoms with Crippen molar-refractivity contribution in [1.82, 2.24) is 30.1 Å². The van der Waals surface area contributed by atoms with Crippen LogP contribution in [0.4, 0.5) is 10.1 Å². The van der Waals surface area contributed by atoms with Crippen LogP contribution >= 0.6 is 0 Å². The van der Waals surface area contributed by atoms with Gasteiger partial charge in [0.2, 0.25) is 5.91 Å². The van der Waals surface area contributed by atoms with Gasteiger partial charge in [-0.3, -0.25) is 19.9 Å². The number of aromatic amines is 2. The van der Waals surface area contributed by atoms with Crippen molar-refractivity contribution in [3.63, 3.8) is 0 Å². The van der Waals surface area contributed by atoms with Gasteiger partial charge < -0.3 is 10.3 Å². The van der Waals surface area contributed by atoms with E-state index in [1.165, 1.54) is 12.1 Å². The van der Waals surface area contributed by atoms with Gasteiger partial charge in [-0.1, -0.05) is 54.6 Å². The molecule has 4 aromatic heterocycles. The Kier molecular flexibility index (Phi) is 6.01. The van der Waals surface area contributed by atoms with Crippen LogP contribution < -0.4 is 5.32 Å². The molecule has 7 aromatic rings. The SMILES string of the molecule is O=C(Cc1ccccc1)Nc1cncc(-c2cc3c(-c4nc5c(-c6cccc(F)c6)cccc5[nH]4)n[nH]c3cn2)c1. The lowest BCUT2D eigenvalue weighted by molar-refractivity contribution is -0.115. The van der Waals surface area contributed by atoms with Crippen molar-refractivity contribution in [3.05, 3.63) is 115 Å². The third kappa shape index (κ3) is 4.80. The van der Waals surface area contributed by atoms with Crippen molar-refractivity contribution < 1.29 is 9.18 Å². The quantitative estimate of drug-likeness (QED) is 0.222. The number of anilines is 1. The summed E-state index contributed by atoms with van der Waals surface area (Å²) >= 11 is 0. The molecule has 0 fully saturated rings. The van der Waals surface area contributed by atoms with Crippen molar-refractivity contribution in [2.24, 2.45) is 0 Å². The summed E-state index contributed by atoms with van der Waals surface area (Å²) in [6.45, 7) is 0. The summed E-state index contributed by atoms with van der Waals surface area (Å²) in [4.78, 5) is 29.7. The van der Waals surface area contributed by atoms with E-state index in [1.54, 1.807) is 24.7 Å². The third-order valence-corrected chi connectivity index (χ3v) is 6.85. The molecule has 7 rings (SSSR count). The van der Waals surface area contributed by atoms with Crippen molar-refractivity contribution in [2.45, 2.75) is 6.42 Å². The van der Waals surface area contributed by atoms with Crippen LogP contribution in [0.15, 0.2) is 104 Å². The molecule has 3 aromatic carbocycles. The van der Waals surface area contributed by atoms with E-state index in [-0.39, 0.29) is 18.1 Å². The van der Waals surface area contributed by atoms with Crippen molar-refractivity contribution in [1.29, 1.82) is 0 Å². The van der Waals surface area contributed by atoms with E-state index in [1.807, 2.05) is 66.7 Å². The number of nitrogens with one attached hydrogen (secondary N) is 3. The van der Waals surface area contributed by atoms with Gasteiger partial charge in [0.25, 0.3) is 0 Å². The Hall–Kier alpha value is -5.70. The molecule has 0 aliphatic carbocycles. The lowest BCUT2D eigenvalue weighted by atomic mass is 10.0. The molecule has 9 heteroatoms. The van der Waals surface area contributed by atoms with Gasteiger partial charge >= 0.3 is 0 Å². The molecule has 4 heterocycles. The van der Waals surface area contributed by atoms with Gasteiger partial charge in [0.15, 0.2) is 5.82 Å². The summed E-state index contributed by atoms with van der Waals surface area (Å²) in [7, 11) is 0. The number of nitrogens with zero attached hydrogens (tertiary/aromatic N) is 4. The van der Waals surface area contributed by atoms with E-state index in [9.17, 15) is 9.18 Å². The summed E-state index contributed by atoms with van der Waals surface area (Å²) in [5, 5.41) is 11.3. The zero-order valence-electron chi connectivity index (χ0n) is 21.6. The number of pyridine rings is 2. The van der Waals surface area contributed by atoms with Gasteiger partial charge in [-0.15, -0.1) is 0 Å². The molecule has 0 saturated carbocycles. The number of hydrogen-bond donors (Lipinski definition) is 3. The minimum Gasteiger partial charge on any atom is -0.337 e. The Balaban J connectivity index is 1.21. The second-order valence-electron chi connectivity index (χ2n) is 9.66. The first-order chi connectivity index (χ1) is 20.1. The molecule has 1 amide bonds. The lowest BCUT2D eigenvalue weighted by Crippen LogP contribution is -2.14. The van der Waals surface area contributed by atoms with E-state index < -0.39 is 0 Å². The molecule has 0 unspecified atom stereocenters. The second-order valence-corrected chi connectivity index (χ2v) is 9.66. The molecule has 3 N–H and O–H groups in total. The van der Waals surface area contributed by atoms with Crippen LogP contribution in [0.5, 0.6) is 0 Å². The van der Waals surface area contributed by atoms with Gasteiger partial charge in [-0.2, -0.15) is 5.10 Å². The predicted molar refractivity (Wildman–Crippen MR) is 156 cm³/mol. The molecule has 0 radical (unpaired) electrons. The fourth-order valence-electron chi connectivity index (χ4n) is 4.92. The van der Waals surface area contributed by atoms with E-state index >= 15 is 0 Å². The zero-order chi connectivity index (χ0) is 27.8. The predicted octanol–water partition coefficient (Wildman–Crippen LogP) is 6.55. The average Bonchev–Trinajstić information content (AvgIpc) is 3.61. The molecule has 0 atom stereocenters. The highest BCUT2D eigenvalue weighted by Gasteiger charge is 2.17. The molecule has 198 valence electrons. The number of aromatic nitrogens is 6. The molecule has 0 aliphatic rings. The van der Waals surface area contributed by atoms with Gasteiger partial charge in [0.1, 0.15) is 11.5 Å². The summed E-state index contributed by atoms with van der Waals surface area (Å²) in [5.41, 5.74) is 7.41. The van der Waals surface area contributed by atoms with Crippen LogP contribution in [0.25, 0.3) is 55.8 Å². The number of fused-ring (bicyclic) bond motifs is 2. The first kappa shape index (κ1) is 24.3. The van der Waals surface area contributed by atoms with Crippen LogP contribution in [0.3, 0.4) is 0 Å². The van der Waals surface area contributed by atoms with Gasteiger partial charge in [0, 0.05) is 22.7 Å². The van der Waals surface area contributed by atoms with Crippen molar-refractivity contribution in [3.8, 4) is 33.9 Å². The highest BCUT2D eigenvalue weighted by Crippen LogP contribution is 2.33. The molecule has 8 nitrogen and oxygen atoms in total. The Morgan fingerprint density at radius 3 is 2.61 bits per heavy atom. The molecule has 0 bridgehead atoms. The normalized spacial score (nSPS) is 11.2. The fourth-order valence-corrected chi connectivity index (χ4v) is 4.92. The van der Waals surface area contributed by atoms with Crippen LogP contribution in [-0.2, 0) is 11.2 Å². The molecular weight excluding hydrogens is 517 g/mol. The number of hydrogen-bond acceptors (Lipinski definition) is 5. The maximum Gasteiger partial charge on any atom is 0.228 e. The number of rotatable bonds is 6. The van der Waals surface area contributed by atoms with Gasteiger partial charge in [-0.25, -0.2) is 9.37 Å². The van der Waals surface area contributed by atoms with Crippen LogP contribution in [0, 0.1) is 5.82 Å². The monoisotopic (exact) mass is 539 g/mol. The van der Waals surface area contributed by atoms with Crippen molar-refractivity contribution >= 4 is 33.5 Å². The minimum absolute atomic E-state index is 0.127. The van der Waals surface area contributed by atoms with E-state index in [0.717, 1.165) is 44.2 Å². The van der Waals surface area contributed by atoms with Crippen LogP contribution in [0.1, 0.15) is 5.56 Å². The van der Waals surface area contributed by atoms with E-state index in [0.29, 0.717) is 22.9 Å². The zero-order valence-corrected chi connectivity index (χ0v) is 21.6. The lowest BCUT2D eigenvalue weighted by Gasteiger charge is -2.07. The maximum absolute atomic E-state index is 13.9. The highest BCUT2D eigenvalue weighted by molar-refractivity contribution is 5.98. The molecule has 0 aliphatic heterocycles. The van der Waals surface area contributed by atoms with Gasteiger partial charge in [-0.05, 0) is 41.5 Å². The highest BCUT2D eigenvalue weighted by atomic mass is 19.1. The Morgan fingerprint density at radius 2 is 1.73 bits per heavy atom. The van der Waals surface area contributed by atoms with Gasteiger partial charge in [0.05, 0.1) is 46.7 Å². The number of imidazole rings is 1. The summed E-state index contributed by atoms with van der Waals surface area (Å²) in [6.07, 6.45) is 5.29. The van der Waals surface area contributed by atoms with Crippen LogP contribution in [-0.4, -0.2) is 36.0 Å². The number of H-pyrrole nitrogens is 2. The average molecular weight is 540 g/mol. The molecule has 41 heavy (non-hydrogen) atoms. The summed E-state index contributed by atoms with van der Waals surface area (Å²) in [5.74, 6) is 0.147. The fraction of sp³-hybridized carbons (Fsp3) is 0.0312. The first-order valence-corrected chi connectivity index (χ1v) is 13.0. The topological polar surface area (TPSA) is 112 Å². The number of halogens is 1. The van der Waals surface area contributed by atoms with Crippen LogP contribution in [0.2, 0.25) is 0 Å². The summed E-state index contributed by atoms with van der Waals surface area (Å²) in [6, 6.07) is 25.6. The molecule has 0 spiro atoms. The minimum atomic E-state index is -0.303. The Bertz CT molecular complexity index is 2050. The smallest absolute Gasteiger partial charge is 0.228 e. The Labute approximate surface area is 233 Å². The summed E-state index contributed by atoms with van der Waals surface area (Å²) < 4.78 is 13.9. The third-order valence-electron chi connectivity index (χ3n) is 6.85. The number of carbonyl (C=O) groups is 1. The van der Waals surface area contributed by atoms with E-state index in [4.69, 9.17) is 4.98 Å². The van der Waals surface area contributed by atoms with Crippen molar-refractivity contribution in [2.75, 3.05) is 5.32 Å². The first-order valence-electron chi connectivity index (χ1n) is 13.0. The second kappa shape index (κ2) is 10.1. The Morgan fingerprint density at radius 1 is 0.854 bits per heavy atom. The molecule has 0 saturated heterocycles. The number of amides is 1. The van der Waals surface area contributed by atoms with E-state index in [2.05, 4.69) is 30.5 Å². The molecular formula is C32H22FN7O. The maximum atomic E-state index is 13.9. The number of carbonyl (C=O) groups excluding carboxylic acids is 1. The standard InChI is InChI=1S/C32H22FN7O/c33-22-9-4-8-20(13-22)24-10-5-11-26-30(24)38-32(37-26)31-25-15-27(35-18-28(25)39-40-31)21-14-23(17-34-16-21)36-29(41)12-19-6-2-1-3-7-19/h1-11,13-18H,12H2,(H,36,41)(H,37,38)(H,39,40). The number of benzene rings is 3. The largest absolute Gasteiger partial charge is 0.337 e. The number of para-hydroxylation sites is 1.